The fourth-order valence-electron chi connectivity index (χ4n) is 1.51. The number of nitrogens with zero attached hydrogens (tertiary/aromatic N) is 1. The maximum Gasteiger partial charge on any atom is 0.0273 e. The van der Waals surface area contributed by atoms with Crippen LogP contribution in [0.15, 0.2) is 30.1 Å². The summed E-state index contributed by atoms with van der Waals surface area (Å²) in [5.74, 6) is 0.581. The van der Waals surface area contributed by atoms with Crippen molar-refractivity contribution in [3.8, 4) is 0 Å². The van der Waals surface area contributed by atoms with Gasteiger partial charge < -0.3 is 5.32 Å². The topological polar surface area (TPSA) is 24.9 Å². The number of hydrogen-bond donors (Lipinski definition) is 1. The number of rotatable bonds is 6. The van der Waals surface area contributed by atoms with Gasteiger partial charge in [0.1, 0.15) is 0 Å². The molecular formula is C14H22N2. The molecule has 0 aromatic carbocycles. The second kappa shape index (κ2) is 7.18. The summed E-state index contributed by atoms with van der Waals surface area (Å²) in [4.78, 5) is 4.03. The Bertz CT molecular complexity index is 315. The molecule has 1 rings (SSSR count). The lowest BCUT2D eigenvalue weighted by atomic mass is 10.0. The highest BCUT2D eigenvalue weighted by Crippen LogP contribution is 2.13. The zero-order valence-electron chi connectivity index (χ0n) is 10.5. The van der Waals surface area contributed by atoms with E-state index in [-0.39, 0.29) is 0 Å². The molecule has 0 radical (unpaired) electrons. The van der Waals surface area contributed by atoms with E-state index in [1.807, 2.05) is 24.5 Å². The first-order chi connectivity index (χ1) is 7.74. The predicted molar refractivity (Wildman–Crippen MR) is 70.2 cm³/mol. The highest BCUT2D eigenvalue weighted by atomic mass is 14.8. The van der Waals surface area contributed by atoms with E-state index in [0.717, 1.165) is 13.1 Å². The Hall–Kier alpha value is -1.15. The van der Waals surface area contributed by atoms with Gasteiger partial charge in [-0.05, 0) is 36.6 Å². The quantitative estimate of drug-likeness (QED) is 0.742. The van der Waals surface area contributed by atoms with Crippen LogP contribution in [0, 0.1) is 5.92 Å². The molecule has 0 aliphatic carbocycles. The molecule has 1 aromatic heterocycles. The summed E-state index contributed by atoms with van der Waals surface area (Å²) in [5.41, 5.74) is 2.68. The van der Waals surface area contributed by atoms with Crippen molar-refractivity contribution in [3.63, 3.8) is 0 Å². The molecule has 0 fully saturated rings. The van der Waals surface area contributed by atoms with Crippen molar-refractivity contribution in [2.24, 2.45) is 5.92 Å². The lowest BCUT2D eigenvalue weighted by Crippen LogP contribution is -2.19. The van der Waals surface area contributed by atoms with E-state index in [4.69, 9.17) is 0 Å². The van der Waals surface area contributed by atoms with E-state index in [0.29, 0.717) is 5.92 Å². The molecule has 0 spiro atoms. The van der Waals surface area contributed by atoms with E-state index < -0.39 is 0 Å². The number of hydrogen-bond acceptors (Lipinski definition) is 2. The predicted octanol–water partition coefficient (Wildman–Crippen LogP) is 3.12. The molecule has 16 heavy (non-hydrogen) atoms. The van der Waals surface area contributed by atoms with Crippen LogP contribution in [0.4, 0.5) is 0 Å². The van der Waals surface area contributed by atoms with Crippen LogP contribution in [0.3, 0.4) is 0 Å². The zero-order chi connectivity index (χ0) is 11.8. The third-order valence-electron chi connectivity index (χ3n) is 2.56. The zero-order valence-corrected chi connectivity index (χ0v) is 10.5. The number of pyridine rings is 1. The summed E-state index contributed by atoms with van der Waals surface area (Å²) >= 11 is 0. The van der Waals surface area contributed by atoms with Gasteiger partial charge in [-0.1, -0.05) is 32.4 Å². The highest BCUT2D eigenvalue weighted by Gasteiger charge is 2.02. The van der Waals surface area contributed by atoms with Gasteiger partial charge in [-0.25, -0.2) is 0 Å². The Morgan fingerprint density at radius 1 is 1.38 bits per heavy atom. The van der Waals surface area contributed by atoms with Crippen LogP contribution in [0.5, 0.6) is 0 Å². The minimum atomic E-state index is 0.581. The first kappa shape index (κ1) is 12.9. The smallest absolute Gasteiger partial charge is 0.0273 e. The summed E-state index contributed by atoms with van der Waals surface area (Å²) < 4.78 is 0. The second-order valence-corrected chi connectivity index (χ2v) is 4.33. The Morgan fingerprint density at radius 2 is 2.06 bits per heavy atom. The summed E-state index contributed by atoms with van der Waals surface area (Å²) in [6.45, 7) is 8.73. The van der Waals surface area contributed by atoms with E-state index in [2.05, 4.69) is 37.1 Å². The van der Waals surface area contributed by atoms with Gasteiger partial charge >= 0.3 is 0 Å². The highest BCUT2D eigenvalue weighted by molar-refractivity contribution is 5.52. The molecule has 0 amide bonds. The third-order valence-corrected chi connectivity index (χ3v) is 2.56. The van der Waals surface area contributed by atoms with E-state index >= 15 is 0 Å². The van der Waals surface area contributed by atoms with Crippen molar-refractivity contribution < 1.29 is 0 Å². The van der Waals surface area contributed by atoms with Crippen LogP contribution in [-0.4, -0.2) is 18.1 Å². The Kier molecular flexibility index (Phi) is 5.79. The van der Waals surface area contributed by atoms with Gasteiger partial charge in [0.15, 0.2) is 0 Å². The largest absolute Gasteiger partial charge is 0.313 e. The molecule has 88 valence electrons. The van der Waals surface area contributed by atoms with Gasteiger partial charge in [-0.2, -0.15) is 0 Å². The fraction of sp³-hybridized carbons (Fsp3) is 0.500. The summed E-state index contributed by atoms with van der Waals surface area (Å²) in [6.07, 6.45) is 7.11. The summed E-state index contributed by atoms with van der Waals surface area (Å²) in [5, 5.41) is 3.45. The Morgan fingerprint density at radius 3 is 2.62 bits per heavy atom. The maximum atomic E-state index is 4.03. The van der Waals surface area contributed by atoms with E-state index in [1.165, 1.54) is 17.6 Å². The van der Waals surface area contributed by atoms with Crippen LogP contribution in [-0.2, 0) is 0 Å². The van der Waals surface area contributed by atoms with Crippen LogP contribution >= 0.6 is 0 Å². The normalized spacial score (nSPS) is 12.1. The van der Waals surface area contributed by atoms with Crippen molar-refractivity contribution in [2.75, 3.05) is 13.1 Å². The minimum Gasteiger partial charge on any atom is -0.313 e. The molecule has 2 nitrogen and oxygen atoms in total. The van der Waals surface area contributed by atoms with Crippen LogP contribution < -0.4 is 5.32 Å². The average molecular weight is 218 g/mol. The first-order valence-electron chi connectivity index (χ1n) is 6.05. The molecule has 1 aromatic rings. The molecule has 0 aliphatic rings. The lowest BCUT2D eigenvalue weighted by Gasteiger charge is -2.12. The molecule has 2 heteroatoms. The number of aromatic nitrogens is 1. The molecule has 0 saturated heterocycles. The SMILES string of the molecule is CCCNCC(=Cc1ccncc1)C(C)C. The molecule has 1 N–H and O–H groups in total. The summed E-state index contributed by atoms with van der Waals surface area (Å²) in [6, 6.07) is 4.09. The third kappa shape index (κ3) is 4.58. The van der Waals surface area contributed by atoms with E-state index in [9.17, 15) is 0 Å². The van der Waals surface area contributed by atoms with Gasteiger partial charge in [0, 0.05) is 18.9 Å². The fourth-order valence-corrected chi connectivity index (χ4v) is 1.51. The molecule has 0 aliphatic heterocycles. The van der Waals surface area contributed by atoms with Crippen molar-refractivity contribution in [3.05, 3.63) is 35.7 Å². The monoisotopic (exact) mass is 218 g/mol. The van der Waals surface area contributed by atoms with E-state index in [1.54, 1.807) is 0 Å². The van der Waals surface area contributed by atoms with Crippen molar-refractivity contribution in [1.29, 1.82) is 0 Å². The first-order valence-corrected chi connectivity index (χ1v) is 6.05. The maximum absolute atomic E-state index is 4.03. The van der Waals surface area contributed by atoms with Gasteiger partial charge in [0.05, 0.1) is 0 Å². The van der Waals surface area contributed by atoms with Gasteiger partial charge in [0.2, 0.25) is 0 Å². The van der Waals surface area contributed by atoms with Gasteiger partial charge in [-0.3, -0.25) is 4.98 Å². The van der Waals surface area contributed by atoms with Gasteiger partial charge in [-0.15, -0.1) is 0 Å². The van der Waals surface area contributed by atoms with Crippen LogP contribution in [0.2, 0.25) is 0 Å². The summed E-state index contributed by atoms with van der Waals surface area (Å²) in [7, 11) is 0. The molecule has 0 atom stereocenters. The van der Waals surface area contributed by atoms with Crippen molar-refractivity contribution in [2.45, 2.75) is 27.2 Å². The van der Waals surface area contributed by atoms with Crippen molar-refractivity contribution in [1.82, 2.24) is 10.3 Å². The lowest BCUT2D eigenvalue weighted by molar-refractivity contribution is 0.657. The molecule has 0 bridgehead atoms. The standard InChI is InChI=1S/C14H22N2/c1-4-7-16-11-14(12(2)3)10-13-5-8-15-9-6-13/h5-6,8-10,12,16H,4,7,11H2,1-3H3. The molecule has 1 heterocycles. The van der Waals surface area contributed by atoms with Crippen LogP contribution in [0.1, 0.15) is 32.8 Å². The molecule has 0 unspecified atom stereocenters. The van der Waals surface area contributed by atoms with Crippen molar-refractivity contribution >= 4 is 6.08 Å². The number of nitrogens with one attached hydrogen (secondary N) is 1. The minimum absolute atomic E-state index is 0.581. The Balaban J connectivity index is 2.66. The average Bonchev–Trinajstić information content (AvgIpc) is 2.29. The molecule has 0 saturated carbocycles. The second-order valence-electron chi connectivity index (χ2n) is 4.33. The Labute approximate surface area is 98.8 Å². The molecular weight excluding hydrogens is 196 g/mol. The van der Waals surface area contributed by atoms with Crippen LogP contribution in [0.25, 0.3) is 6.08 Å². The van der Waals surface area contributed by atoms with Gasteiger partial charge in [0.25, 0.3) is 0 Å².